The lowest BCUT2D eigenvalue weighted by Gasteiger charge is -2.31. The van der Waals surface area contributed by atoms with Crippen molar-refractivity contribution in [3.63, 3.8) is 0 Å². The van der Waals surface area contributed by atoms with E-state index in [4.69, 9.17) is 25.5 Å². The number of carbonyl (C=O) groups is 1. The highest BCUT2D eigenvalue weighted by Crippen LogP contribution is 2.27. The van der Waals surface area contributed by atoms with Gasteiger partial charge in [-0.05, 0) is 42.5 Å². The van der Waals surface area contributed by atoms with Crippen LogP contribution in [-0.2, 0) is 6.54 Å². The molecule has 1 amide bonds. The fourth-order valence-corrected chi connectivity index (χ4v) is 3.94. The van der Waals surface area contributed by atoms with Gasteiger partial charge in [0, 0.05) is 16.0 Å². The molecule has 3 aromatic rings. The van der Waals surface area contributed by atoms with E-state index in [1.807, 2.05) is 23.1 Å². The molecule has 0 aliphatic carbocycles. The zero-order valence-electron chi connectivity index (χ0n) is 16.5. The van der Waals surface area contributed by atoms with Crippen LogP contribution in [0.25, 0.3) is 11.0 Å². The monoisotopic (exact) mass is 415 g/mol. The number of halogens is 1. The minimum atomic E-state index is -0.0671. The van der Waals surface area contributed by atoms with E-state index in [9.17, 15) is 4.79 Å². The molecule has 0 saturated carbocycles. The molecule has 0 bridgehead atoms. The van der Waals surface area contributed by atoms with E-state index in [1.54, 1.807) is 32.4 Å². The second-order valence-corrected chi connectivity index (χ2v) is 7.64. The molecular formula is C22H24ClN2O4+. The Morgan fingerprint density at radius 1 is 1.07 bits per heavy atom. The van der Waals surface area contributed by atoms with Crippen LogP contribution in [0.1, 0.15) is 16.1 Å². The van der Waals surface area contributed by atoms with Crippen LogP contribution < -0.4 is 14.4 Å². The molecule has 1 aliphatic rings. The maximum atomic E-state index is 12.8. The maximum absolute atomic E-state index is 12.8. The van der Waals surface area contributed by atoms with Gasteiger partial charge in [-0.2, -0.15) is 0 Å². The molecule has 1 saturated heterocycles. The van der Waals surface area contributed by atoms with Crippen LogP contribution in [0, 0.1) is 0 Å². The molecule has 0 atom stereocenters. The molecule has 7 heteroatoms. The highest BCUT2D eigenvalue weighted by Gasteiger charge is 2.27. The summed E-state index contributed by atoms with van der Waals surface area (Å²) < 4.78 is 16.4. The van der Waals surface area contributed by atoms with Gasteiger partial charge in [-0.1, -0.05) is 11.6 Å². The molecule has 2 aromatic carbocycles. The number of nitrogens with one attached hydrogen (secondary N) is 1. The highest BCUT2D eigenvalue weighted by atomic mass is 35.5. The predicted octanol–water partition coefficient (Wildman–Crippen LogP) is 2.64. The summed E-state index contributed by atoms with van der Waals surface area (Å²) in [7, 11) is 3.28. The van der Waals surface area contributed by atoms with Crippen LogP contribution in [-0.4, -0.2) is 51.2 Å². The summed E-state index contributed by atoms with van der Waals surface area (Å²) in [5, 5.41) is 1.48. The molecular weight excluding hydrogens is 392 g/mol. The van der Waals surface area contributed by atoms with Crippen molar-refractivity contribution in [3.8, 4) is 11.5 Å². The summed E-state index contributed by atoms with van der Waals surface area (Å²) >= 11 is 6.02. The number of furan rings is 1. The summed E-state index contributed by atoms with van der Waals surface area (Å²) in [4.78, 5) is 16.1. The normalized spacial score (nSPS) is 14.9. The fourth-order valence-electron chi connectivity index (χ4n) is 3.76. The van der Waals surface area contributed by atoms with Crippen molar-refractivity contribution < 1.29 is 23.6 Å². The maximum Gasteiger partial charge on any atom is 0.290 e. The zero-order chi connectivity index (χ0) is 20.4. The van der Waals surface area contributed by atoms with Crippen molar-refractivity contribution in [2.45, 2.75) is 6.54 Å². The largest absolute Gasteiger partial charge is 0.493 e. The first-order valence-electron chi connectivity index (χ1n) is 9.60. The molecule has 2 heterocycles. The third kappa shape index (κ3) is 4.18. The molecule has 1 N–H and O–H groups in total. The van der Waals surface area contributed by atoms with Crippen LogP contribution in [0.3, 0.4) is 0 Å². The molecule has 1 fully saturated rings. The van der Waals surface area contributed by atoms with Crippen molar-refractivity contribution in [2.24, 2.45) is 0 Å². The van der Waals surface area contributed by atoms with Crippen molar-refractivity contribution >= 4 is 28.5 Å². The predicted molar refractivity (Wildman–Crippen MR) is 111 cm³/mol. The zero-order valence-corrected chi connectivity index (χ0v) is 17.3. The Bertz CT molecular complexity index is 1020. The van der Waals surface area contributed by atoms with E-state index >= 15 is 0 Å². The first-order chi connectivity index (χ1) is 14.1. The van der Waals surface area contributed by atoms with Gasteiger partial charge in [0.15, 0.2) is 17.3 Å². The number of methoxy groups -OCH3 is 2. The molecule has 29 heavy (non-hydrogen) atoms. The lowest BCUT2D eigenvalue weighted by molar-refractivity contribution is -0.917. The lowest BCUT2D eigenvalue weighted by atomic mass is 10.1. The van der Waals surface area contributed by atoms with Crippen molar-refractivity contribution in [1.29, 1.82) is 0 Å². The number of ether oxygens (including phenoxy) is 2. The summed E-state index contributed by atoms with van der Waals surface area (Å²) in [5.74, 6) is 1.77. The molecule has 1 aliphatic heterocycles. The van der Waals surface area contributed by atoms with Gasteiger partial charge < -0.3 is 23.7 Å². The third-order valence-corrected chi connectivity index (χ3v) is 5.58. The lowest BCUT2D eigenvalue weighted by Crippen LogP contribution is -3.13. The van der Waals surface area contributed by atoms with Gasteiger partial charge in [0.2, 0.25) is 0 Å². The Morgan fingerprint density at radius 3 is 2.55 bits per heavy atom. The second kappa shape index (κ2) is 8.35. The van der Waals surface area contributed by atoms with Gasteiger partial charge in [0.25, 0.3) is 5.91 Å². The van der Waals surface area contributed by atoms with Crippen molar-refractivity contribution in [1.82, 2.24) is 4.90 Å². The van der Waals surface area contributed by atoms with E-state index in [2.05, 4.69) is 6.07 Å². The SMILES string of the molecule is COc1ccc(C[NH+]2CCN(C(=O)c3cc4cc(Cl)ccc4o3)CC2)cc1OC. The van der Waals surface area contributed by atoms with Crippen LogP contribution in [0.15, 0.2) is 46.9 Å². The van der Waals surface area contributed by atoms with Gasteiger partial charge in [-0.25, -0.2) is 0 Å². The van der Waals surface area contributed by atoms with E-state index < -0.39 is 0 Å². The number of hydrogen-bond donors (Lipinski definition) is 1. The quantitative estimate of drug-likeness (QED) is 0.696. The van der Waals surface area contributed by atoms with Gasteiger partial charge in [0.05, 0.1) is 40.4 Å². The number of quaternary nitrogens is 1. The fraction of sp³-hybridized carbons (Fsp3) is 0.318. The topological polar surface area (TPSA) is 56.4 Å². The summed E-state index contributed by atoms with van der Waals surface area (Å²) in [6, 6.07) is 13.1. The van der Waals surface area contributed by atoms with Crippen LogP contribution in [0.5, 0.6) is 11.5 Å². The second-order valence-electron chi connectivity index (χ2n) is 7.20. The Labute approximate surface area is 174 Å². The molecule has 0 radical (unpaired) electrons. The van der Waals surface area contributed by atoms with Gasteiger partial charge in [-0.3, -0.25) is 4.79 Å². The standard InChI is InChI=1S/C22H23ClN2O4/c1-27-19-5-3-15(11-20(19)28-2)14-24-7-9-25(10-8-24)22(26)21-13-16-12-17(23)4-6-18(16)29-21/h3-6,11-13H,7-10,14H2,1-2H3/p+1. The number of amides is 1. The molecule has 0 unspecified atom stereocenters. The Balaban J connectivity index is 1.38. The minimum absolute atomic E-state index is 0.0671. The first-order valence-corrected chi connectivity index (χ1v) is 9.98. The van der Waals surface area contributed by atoms with Gasteiger partial charge in [-0.15, -0.1) is 0 Å². The van der Waals surface area contributed by atoms with Gasteiger partial charge in [0.1, 0.15) is 12.1 Å². The average molecular weight is 416 g/mol. The van der Waals surface area contributed by atoms with Crippen LogP contribution in [0.2, 0.25) is 5.02 Å². The molecule has 0 spiro atoms. The first kappa shape index (κ1) is 19.6. The number of rotatable bonds is 5. The molecule has 6 nitrogen and oxygen atoms in total. The smallest absolute Gasteiger partial charge is 0.290 e. The number of nitrogens with zero attached hydrogens (tertiary/aromatic N) is 1. The molecule has 152 valence electrons. The van der Waals surface area contributed by atoms with E-state index in [0.717, 1.165) is 36.5 Å². The van der Waals surface area contributed by atoms with Crippen LogP contribution in [0.4, 0.5) is 0 Å². The number of hydrogen-bond acceptors (Lipinski definition) is 4. The van der Waals surface area contributed by atoms with E-state index in [-0.39, 0.29) is 5.91 Å². The molecule has 1 aromatic heterocycles. The molecule has 4 rings (SSSR count). The summed E-state index contributed by atoms with van der Waals surface area (Å²) in [5.41, 5.74) is 1.86. The summed E-state index contributed by atoms with van der Waals surface area (Å²) in [6.07, 6.45) is 0. The Hall–Kier alpha value is -2.70. The number of piperazine rings is 1. The number of carbonyl (C=O) groups excluding carboxylic acids is 1. The van der Waals surface area contributed by atoms with E-state index in [1.165, 1.54) is 10.5 Å². The Kier molecular flexibility index (Phi) is 5.65. The van der Waals surface area contributed by atoms with Crippen molar-refractivity contribution in [2.75, 3.05) is 40.4 Å². The van der Waals surface area contributed by atoms with E-state index in [0.29, 0.717) is 29.5 Å². The number of benzene rings is 2. The third-order valence-electron chi connectivity index (χ3n) is 5.35. The van der Waals surface area contributed by atoms with Crippen molar-refractivity contribution in [3.05, 3.63) is 58.8 Å². The van der Waals surface area contributed by atoms with Gasteiger partial charge >= 0.3 is 0 Å². The highest BCUT2D eigenvalue weighted by molar-refractivity contribution is 6.31. The van der Waals surface area contributed by atoms with Crippen LogP contribution >= 0.6 is 11.6 Å². The Morgan fingerprint density at radius 2 is 1.83 bits per heavy atom. The minimum Gasteiger partial charge on any atom is -0.493 e. The summed E-state index contributed by atoms with van der Waals surface area (Å²) in [6.45, 7) is 4.03. The number of fused-ring (bicyclic) bond motifs is 1. The average Bonchev–Trinajstić information content (AvgIpc) is 3.17.